The molecule has 4 rings (SSSR count). The lowest BCUT2D eigenvalue weighted by atomic mass is 9.80. The summed E-state index contributed by atoms with van der Waals surface area (Å²) in [6.07, 6.45) is 19.0. The van der Waals surface area contributed by atoms with Gasteiger partial charge in [0, 0.05) is 18.3 Å². The predicted octanol–water partition coefficient (Wildman–Crippen LogP) is 23.4. The van der Waals surface area contributed by atoms with Crippen LogP contribution in [0.1, 0.15) is 173 Å². The van der Waals surface area contributed by atoms with E-state index >= 15 is 0 Å². The lowest BCUT2D eigenvalue weighted by molar-refractivity contribution is -0.0551. The molecule has 11 atom stereocenters. The van der Waals surface area contributed by atoms with Crippen LogP contribution in [0.4, 0.5) is 0 Å². The van der Waals surface area contributed by atoms with Crippen LogP contribution >= 0.6 is 0 Å². The molecule has 4 aromatic rings. The summed E-state index contributed by atoms with van der Waals surface area (Å²) in [5, 5.41) is 0.104. The zero-order chi connectivity index (χ0) is 69.3. The summed E-state index contributed by atoms with van der Waals surface area (Å²) in [6.45, 7) is 66.7. The van der Waals surface area contributed by atoms with Crippen molar-refractivity contribution in [3.8, 4) is 5.75 Å². The molecule has 0 aliphatic rings. The van der Waals surface area contributed by atoms with E-state index in [0.29, 0.717) is 19.1 Å². The topological polar surface area (TPSA) is 64.6 Å². The smallest absolute Gasteiger partial charge is 0.192 e. The average molecular weight is 1330 g/mol. The lowest BCUT2D eigenvalue weighted by Gasteiger charge is -2.44. The maximum atomic E-state index is 7.69. The molecule has 0 amide bonds. The van der Waals surface area contributed by atoms with Crippen LogP contribution in [0.15, 0.2) is 164 Å². The summed E-state index contributed by atoms with van der Waals surface area (Å²) >= 11 is 0. The van der Waals surface area contributed by atoms with E-state index in [1.807, 2.05) is 18.2 Å². The van der Waals surface area contributed by atoms with Crippen LogP contribution in [-0.2, 0) is 39.4 Å². The molecular weight excluding hydrogens is 1200 g/mol. The first-order chi connectivity index (χ1) is 42.5. The fourth-order valence-corrected chi connectivity index (χ4v) is 17.1. The summed E-state index contributed by atoms with van der Waals surface area (Å²) in [7, 11) is -7.32. The second-order valence-electron chi connectivity index (χ2n) is 33.3. The molecule has 11 heteroatoms. The third kappa shape index (κ3) is 23.0. The van der Waals surface area contributed by atoms with Crippen LogP contribution < -0.4 is 4.74 Å². The Hall–Kier alpha value is -3.73. The summed E-state index contributed by atoms with van der Waals surface area (Å²) in [4.78, 5) is 0. The van der Waals surface area contributed by atoms with Crippen molar-refractivity contribution < 1.29 is 31.9 Å². The molecule has 0 radical (unpaired) electrons. The molecule has 0 aliphatic heterocycles. The van der Waals surface area contributed by atoms with Crippen LogP contribution in [0.2, 0.25) is 72.5 Å². The van der Waals surface area contributed by atoms with Gasteiger partial charge in [0.15, 0.2) is 33.3 Å². The second-order valence-corrected chi connectivity index (χ2v) is 52.3. The van der Waals surface area contributed by atoms with E-state index in [0.717, 1.165) is 53.7 Å². The monoisotopic (exact) mass is 1330 g/mol. The molecule has 514 valence electrons. The molecule has 0 saturated carbocycles. The van der Waals surface area contributed by atoms with Crippen molar-refractivity contribution in [2.45, 2.75) is 266 Å². The van der Waals surface area contributed by atoms with Crippen molar-refractivity contribution in [3.05, 3.63) is 187 Å². The number of hydrogen-bond acceptors (Lipinski definition) is 7. The summed E-state index contributed by atoms with van der Waals surface area (Å²) in [6, 6.07) is 40.2. The first-order valence-corrected chi connectivity index (χ1v) is 46.6. The summed E-state index contributed by atoms with van der Waals surface area (Å²) < 4.78 is 50.2. The van der Waals surface area contributed by atoms with E-state index < -0.39 is 38.9 Å². The molecule has 0 aromatic heterocycles. The molecular formula is C81H132O7Si4. The van der Waals surface area contributed by atoms with Crippen molar-refractivity contribution in [1.82, 2.24) is 0 Å². The van der Waals surface area contributed by atoms with E-state index in [1.165, 1.54) is 0 Å². The van der Waals surface area contributed by atoms with Crippen molar-refractivity contribution >= 4 is 33.3 Å². The van der Waals surface area contributed by atoms with Crippen molar-refractivity contribution in [2.75, 3.05) is 13.7 Å². The summed E-state index contributed by atoms with van der Waals surface area (Å²) in [5.41, 5.74) is 3.58. The molecule has 0 bridgehead atoms. The quantitative estimate of drug-likeness (QED) is 0.0195. The van der Waals surface area contributed by atoms with Gasteiger partial charge in [-0.15, -0.1) is 0 Å². The zero-order valence-electron chi connectivity index (χ0n) is 63.2. The Morgan fingerprint density at radius 1 is 0.457 bits per heavy atom. The van der Waals surface area contributed by atoms with Gasteiger partial charge in [-0.1, -0.05) is 277 Å². The van der Waals surface area contributed by atoms with E-state index in [4.69, 9.17) is 31.9 Å². The minimum atomic E-state index is -2.30. The third-order valence-corrected chi connectivity index (χ3v) is 39.6. The highest BCUT2D eigenvalue weighted by molar-refractivity contribution is 6.75. The number of rotatable bonds is 36. The summed E-state index contributed by atoms with van der Waals surface area (Å²) in [5.74, 6) is 2.01. The molecule has 0 unspecified atom stereocenters. The molecule has 0 heterocycles. The van der Waals surface area contributed by atoms with E-state index in [2.05, 4.69) is 323 Å². The minimum absolute atomic E-state index is 0.00323. The van der Waals surface area contributed by atoms with Gasteiger partial charge in [0.2, 0.25) is 0 Å². The van der Waals surface area contributed by atoms with Gasteiger partial charge >= 0.3 is 0 Å². The van der Waals surface area contributed by atoms with Crippen LogP contribution in [0, 0.1) is 35.5 Å². The van der Waals surface area contributed by atoms with Crippen LogP contribution in [0.5, 0.6) is 5.75 Å². The van der Waals surface area contributed by atoms with E-state index in [9.17, 15) is 0 Å². The molecule has 0 N–H and O–H groups in total. The number of allylic oxidation sites excluding steroid dienone is 2. The van der Waals surface area contributed by atoms with Gasteiger partial charge in [-0.05, 0) is 150 Å². The Kier molecular flexibility index (Phi) is 30.2. The fourth-order valence-electron chi connectivity index (χ4n) is 11.5. The van der Waals surface area contributed by atoms with Gasteiger partial charge in [0.1, 0.15) is 11.4 Å². The highest BCUT2D eigenvalue weighted by Gasteiger charge is 2.46. The van der Waals surface area contributed by atoms with Gasteiger partial charge in [-0.2, -0.15) is 0 Å². The lowest BCUT2D eigenvalue weighted by Crippen LogP contribution is -2.48. The first kappa shape index (κ1) is 80.7. The molecule has 0 aliphatic carbocycles. The van der Waals surface area contributed by atoms with Crippen molar-refractivity contribution in [3.63, 3.8) is 0 Å². The van der Waals surface area contributed by atoms with Gasteiger partial charge in [0.05, 0.1) is 50.8 Å². The largest absolute Gasteiger partial charge is 0.497 e. The van der Waals surface area contributed by atoms with Crippen LogP contribution in [0.25, 0.3) is 0 Å². The van der Waals surface area contributed by atoms with Gasteiger partial charge in [-0.3, -0.25) is 0 Å². The normalized spacial score (nSPS) is 17.5. The molecule has 4 aromatic carbocycles. The Morgan fingerprint density at radius 3 is 1.34 bits per heavy atom. The molecule has 0 fully saturated rings. The Labute approximate surface area is 568 Å². The average Bonchev–Trinajstić information content (AvgIpc) is 0.763. The van der Waals surface area contributed by atoms with Gasteiger partial charge in [-0.25, -0.2) is 0 Å². The van der Waals surface area contributed by atoms with Gasteiger partial charge in [0.25, 0.3) is 0 Å². The second kappa shape index (κ2) is 34.5. The highest BCUT2D eigenvalue weighted by Crippen LogP contribution is 2.46. The first-order valence-electron chi connectivity index (χ1n) is 34.9. The van der Waals surface area contributed by atoms with Crippen LogP contribution in [-0.4, -0.2) is 77.5 Å². The number of methoxy groups -OCH3 is 1. The zero-order valence-corrected chi connectivity index (χ0v) is 67.2. The Balaban J connectivity index is 1.73. The van der Waals surface area contributed by atoms with Crippen molar-refractivity contribution in [1.29, 1.82) is 0 Å². The fraction of sp³-hybridized carbons (Fsp3) is 0.605. The third-order valence-electron chi connectivity index (χ3n) is 21.6. The van der Waals surface area contributed by atoms with E-state index in [1.54, 1.807) is 7.11 Å². The van der Waals surface area contributed by atoms with Gasteiger partial charge < -0.3 is 31.9 Å². The number of hydrogen-bond donors (Lipinski definition) is 0. The molecule has 0 saturated heterocycles. The number of ether oxygens (including phenoxy) is 3. The van der Waals surface area contributed by atoms with Crippen LogP contribution in [0.3, 0.4) is 0 Å². The minimum Gasteiger partial charge on any atom is -0.497 e. The maximum Gasteiger partial charge on any atom is 0.192 e. The maximum absolute atomic E-state index is 7.69. The molecule has 92 heavy (non-hydrogen) atoms. The van der Waals surface area contributed by atoms with Crippen molar-refractivity contribution in [2.24, 2.45) is 35.5 Å². The molecule has 7 nitrogen and oxygen atoms in total. The molecule has 0 spiro atoms. The number of benzene rings is 4. The standard InChI is InChI=1S/C81H132O7Si4/c1-29-30-41-63(4)76(83-60-67-51-54-71(82-20)55-52-67)66(7)73(86-90(23,24)78(11,12)13)56-49-61(2)58-65(6)75(88-92(27,28)80(17,18)19)64(5)50-53-72(85-89(21,22)77(8,9)10)59-74(87-91(25,26)79(14,15)16)62(3)42-40-57-84-81(68-43-34-31-35-44-68,69-45-36-32-37-46-69)70-47-38-33-39-48-70/h29-48,50-55,61-66,72-76H,1,49,56-60H2,2-28H3/t61-,62+,63-,64-,65-,66-,72+,73-,74-,75-,76-/m0/s1. The SMILES string of the molecule is C=CC=C[C@H](C)[C@H](OCc1ccc(OC)cc1)[C@@H](C)[C@H](CC[C@H](C)C[C@H](C)[C@@H](O[Si](C)(C)C(C)(C)C)[C@@H](C)C=C[C@H](C[C@H](O[Si](C)(C)C(C)(C)C)[C@H](C)C=CCOC(c1ccccc1)(c1ccccc1)c1ccccc1)O[Si](C)(C)C(C)(C)C)O[Si](C)(C)C(C)(C)C. The predicted molar refractivity (Wildman–Crippen MR) is 406 cm³/mol. The highest BCUT2D eigenvalue weighted by atomic mass is 28.4. The van der Waals surface area contributed by atoms with E-state index in [-0.39, 0.29) is 80.3 Å². The Morgan fingerprint density at radius 2 is 0.891 bits per heavy atom. The Bertz CT molecular complexity index is 2760.